The summed E-state index contributed by atoms with van der Waals surface area (Å²) in [5.74, 6) is 0.789. The van der Waals surface area contributed by atoms with Crippen LogP contribution in [-0.4, -0.2) is 35.8 Å². The van der Waals surface area contributed by atoms with Crippen LogP contribution in [0.5, 0.6) is 0 Å². The molecule has 15 heavy (non-hydrogen) atoms. The molecular weight excluding hydrogens is 192 g/mol. The van der Waals surface area contributed by atoms with Crippen LogP contribution < -0.4 is 5.32 Å². The maximum atomic E-state index is 11.3. The zero-order valence-electron chi connectivity index (χ0n) is 9.16. The highest BCUT2D eigenvalue weighted by molar-refractivity contribution is 6.01. The summed E-state index contributed by atoms with van der Waals surface area (Å²) in [5, 5.41) is 3.37. The van der Waals surface area contributed by atoms with E-state index in [1.807, 2.05) is 0 Å². The molecule has 0 spiro atoms. The number of carbonyl (C=O) groups is 2. The minimum absolute atomic E-state index is 0.0131. The topological polar surface area (TPSA) is 49.4 Å². The van der Waals surface area contributed by atoms with Crippen LogP contribution in [0.2, 0.25) is 0 Å². The van der Waals surface area contributed by atoms with Crippen LogP contribution in [0.4, 0.5) is 0 Å². The molecule has 2 fully saturated rings. The fourth-order valence-corrected chi connectivity index (χ4v) is 2.04. The molecule has 1 atom stereocenters. The monoisotopic (exact) mass is 210 g/mol. The number of amides is 2. The van der Waals surface area contributed by atoms with E-state index in [-0.39, 0.29) is 11.8 Å². The van der Waals surface area contributed by atoms with E-state index in [0.29, 0.717) is 25.4 Å². The summed E-state index contributed by atoms with van der Waals surface area (Å²) in [5.41, 5.74) is 0. The van der Waals surface area contributed by atoms with Crippen molar-refractivity contribution in [3.63, 3.8) is 0 Å². The first kappa shape index (κ1) is 10.6. The first-order chi connectivity index (χ1) is 7.18. The molecule has 0 aromatic carbocycles. The second kappa shape index (κ2) is 4.31. The van der Waals surface area contributed by atoms with E-state index in [0.717, 1.165) is 12.5 Å². The van der Waals surface area contributed by atoms with Gasteiger partial charge in [0.2, 0.25) is 11.8 Å². The molecule has 1 heterocycles. The Hall–Kier alpha value is -0.900. The predicted molar refractivity (Wildman–Crippen MR) is 56.1 cm³/mol. The zero-order chi connectivity index (χ0) is 10.8. The number of hydrogen-bond acceptors (Lipinski definition) is 3. The van der Waals surface area contributed by atoms with Crippen LogP contribution in [-0.2, 0) is 9.59 Å². The standard InChI is InChI=1S/C11H18N2O2/c1-8(9-2-3-9)12-6-7-13-10(14)4-5-11(13)15/h8-9,12H,2-7H2,1H3. The molecule has 1 aliphatic heterocycles. The fraction of sp³-hybridized carbons (Fsp3) is 0.818. The Kier molecular flexibility index (Phi) is 3.05. The summed E-state index contributed by atoms with van der Waals surface area (Å²) < 4.78 is 0. The van der Waals surface area contributed by atoms with Crippen molar-refractivity contribution < 1.29 is 9.59 Å². The van der Waals surface area contributed by atoms with Crippen LogP contribution in [0.3, 0.4) is 0 Å². The van der Waals surface area contributed by atoms with Gasteiger partial charge in [0, 0.05) is 32.0 Å². The minimum atomic E-state index is -0.0131. The molecule has 4 nitrogen and oxygen atoms in total. The van der Waals surface area contributed by atoms with Crippen molar-refractivity contribution in [2.75, 3.05) is 13.1 Å². The lowest BCUT2D eigenvalue weighted by atomic mass is 10.2. The van der Waals surface area contributed by atoms with Gasteiger partial charge >= 0.3 is 0 Å². The van der Waals surface area contributed by atoms with Gasteiger partial charge in [-0.3, -0.25) is 14.5 Å². The number of likely N-dealkylation sites (tertiary alicyclic amines) is 1. The van der Waals surface area contributed by atoms with Crippen LogP contribution in [0, 0.1) is 5.92 Å². The molecule has 84 valence electrons. The summed E-state index contributed by atoms with van der Waals surface area (Å²) in [7, 11) is 0. The third kappa shape index (κ3) is 2.56. The number of imide groups is 1. The smallest absolute Gasteiger partial charge is 0.229 e. The number of carbonyl (C=O) groups excluding carboxylic acids is 2. The molecule has 2 aliphatic rings. The van der Waals surface area contributed by atoms with Gasteiger partial charge in [-0.2, -0.15) is 0 Å². The average Bonchev–Trinajstić information content (AvgIpc) is 2.99. The van der Waals surface area contributed by atoms with Gasteiger partial charge in [-0.1, -0.05) is 0 Å². The average molecular weight is 210 g/mol. The largest absolute Gasteiger partial charge is 0.312 e. The van der Waals surface area contributed by atoms with Crippen LogP contribution in [0.1, 0.15) is 32.6 Å². The minimum Gasteiger partial charge on any atom is -0.312 e. The summed E-state index contributed by atoms with van der Waals surface area (Å²) in [6, 6.07) is 0.526. The van der Waals surface area contributed by atoms with Gasteiger partial charge in [0.05, 0.1) is 0 Å². The van der Waals surface area contributed by atoms with Crippen LogP contribution in [0.15, 0.2) is 0 Å². The van der Waals surface area contributed by atoms with E-state index < -0.39 is 0 Å². The highest BCUT2D eigenvalue weighted by atomic mass is 16.2. The highest BCUT2D eigenvalue weighted by Gasteiger charge is 2.30. The molecular formula is C11H18N2O2. The van der Waals surface area contributed by atoms with E-state index in [4.69, 9.17) is 0 Å². The molecule has 0 radical (unpaired) electrons. The summed E-state index contributed by atoms with van der Waals surface area (Å²) in [6.07, 6.45) is 3.43. The molecule has 0 bridgehead atoms. The van der Waals surface area contributed by atoms with Crippen molar-refractivity contribution in [1.29, 1.82) is 0 Å². The second-order valence-electron chi connectivity index (χ2n) is 4.52. The molecule has 1 saturated heterocycles. The lowest BCUT2D eigenvalue weighted by Gasteiger charge is -2.17. The SMILES string of the molecule is CC(NCCN1C(=O)CCC1=O)C1CC1. The maximum absolute atomic E-state index is 11.3. The molecule has 0 aromatic rings. The quantitative estimate of drug-likeness (QED) is 0.673. The summed E-state index contributed by atoms with van der Waals surface area (Å²) >= 11 is 0. The van der Waals surface area contributed by atoms with Crippen molar-refractivity contribution in [1.82, 2.24) is 10.2 Å². The molecule has 1 N–H and O–H groups in total. The zero-order valence-corrected chi connectivity index (χ0v) is 9.16. The molecule has 0 aromatic heterocycles. The molecule has 1 unspecified atom stereocenters. The Bertz CT molecular complexity index is 258. The van der Waals surface area contributed by atoms with Gasteiger partial charge < -0.3 is 5.32 Å². The van der Waals surface area contributed by atoms with Crippen molar-refractivity contribution >= 4 is 11.8 Å². The van der Waals surface area contributed by atoms with Crippen molar-refractivity contribution in [3.05, 3.63) is 0 Å². The van der Waals surface area contributed by atoms with Crippen LogP contribution >= 0.6 is 0 Å². The third-order valence-electron chi connectivity index (χ3n) is 3.29. The molecule has 4 heteroatoms. The van der Waals surface area contributed by atoms with Gasteiger partial charge in [0.1, 0.15) is 0 Å². The van der Waals surface area contributed by atoms with Gasteiger partial charge in [-0.25, -0.2) is 0 Å². The fourth-order valence-electron chi connectivity index (χ4n) is 2.04. The normalized spacial score (nSPS) is 23.7. The molecule has 1 saturated carbocycles. The maximum Gasteiger partial charge on any atom is 0.229 e. The number of nitrogens with one attached hydrogen (secondary N) is 1. The summed E-state index contributed by atoms with van der Waals surface area (Å²) in [6.45, 7) is 3.44. The first-order valence-electron chi connectivity index (χ1n) is 5.75. The molecule has 1 aliphatic carbocycles. The Morgan fingerprint density at radius 2 is 1.93 bits per heavy atom. The molecule has 2 rings (SSSR count). The predicted octanol–water partition coefficient (Wildman–Crippen LogP) is 0.523. The van der Waals surface area contributed by atoms with Crippen LogP contribution in [0.25, 0.3) is 0 Å². The second-order valence-corrected chi connectivity index (χ2v) is 4.52. The number of hydrogen-bond donors (Lipinski definition) is 1. The van der Waals surface area contributed by atoms with Gasteiger partial charge in [-0.05, 0) is 25.7 Å². The molecule has 2 amide bonds. The number of rotatable bonds is 5. The third-order valence-corrected chi connectivity index (χ3v) is 3.29. The van der Waals surface area contributed by atoms with E-state index >= 15 is 0 Å². The lowest BCUT2D eigenvalue weighted by molar-refractivity contribution is -0.138. The Morgan fingerprint density at radius 3 is 2.47 bits per heavy atom. The Labute approximate surface area is 90.0 Å². The van der Waals surface area contributed by atoms with E-state index in [1.54, 1.807) is 0 Å². The van der Waals surface area contributed by atoms with Crippen molar-refractivity contribution in [3.8, 4) is 0 Å². The van der Waals surface area contributed by atoms with Gasteiger partial charge in [-0.15, -0.1) is 0 Å². The first-order valence-corrected chi connectivity index (χ1v) is 5.75. The van der Waals surface area contributed by atoms with E-state index in [1.165, 1.54) is 17.7 Å². The highest BCUT2D eigenvalue weighted by Crippen LogP contribution is 2.32. The van der Waals surface area contributed by atoms with E-state index in [2.05, 4.69) is 12.2 Å². The Morgan fingerprint density at radius 1 is 1.33 bits per heavy atom. The van der Waals surface area contributed by atoms with Gasteiger partial charge in [0.15, 0.2) is 0 Å². The number of nitrogens with zero attached hydrogens (tertiary/aromatic N) is 1. The van der Waals surface area contributed by atoms with Crippen molar-refractivity contribution in [2.24, 2.45) is 5.92 Å². The van der Waals surface area contributed by atoms with Crippen molar-refractivity contribution in [2.45, 2.75) is 38.6 Å². The van der Waals surface area contributed by atoms with E-state index in [9.17, 15) is 9.59 Å². The van der Waals surface area contributed by atoms with Gasteiger partial charge in [0.25, 0.3) is 0 Å². The lowest BCUT2D eigenvalue weighted by Crippen LogP contribution is -2.39. The summed E-state index contributed by atoms with van der Waals surface area (Å²) in [4.78, 5) is 23.9. The Balaban J connectivity index is 1.68.